The molecule has 1 heterocycles. The molecule has 1 amide bonds. The van der Waals surface area contributed by atoms with E-state index in [2.05, 4.69) is 15.5 Å². The Morgan fingerprint density at radius 3 is 2.73 bits per heavy atom. The van der Waals surface area contributed by atoms with Crippen molar-refractivity contribution in [2.24, 2.45) is 0 Å². The molecule has 0 saturated heterocycles. The zero-order chi connectivity index (χ0) is 16.1. The van der Waals surface area contributed by atoms with Gasteiger partial charge in [0.05, 0.1) is 12.8 Å². The third kappa shape index (κ3) is 3.91. The largest absolute Gasteiger partial charge is 0.465 e. The van der Waals surface area contributed by atoms with Crippen molar-refractivity contribution >= 4 is 17.7 Å². The molecule has 0 unspecified atom stereocenters. The van der Waals surface area contributed by atoms with Gasteiger partial charge in [0.15, 0.2) is 12.4 Å². The summed E-state index contributed by atoms with van der Waals surface area (Å²) in [6.07, 6.45) is 1.39. The molecule has 116 valence electrons. The Balaban J connectivity index is 2.01. The molecule has 2 aromatic rings. The Morgan fingerprint density at radius 2 is 2.05 bits per heavy atom. The number of aryl methyl sites for hydroxylation is 2. The minimum atomic E-state index is -0.426. The number of hydrogen-bond donors (Lipinski definition) is 1. The van der Waals surface area contributed by atoms with E-state index in [1.807, 2.05) is 26.0 Å². The molecule has 1 aromatic carbocycles. The van der Waals surface area contributed by atoms with E-state index in [-0.39, 0.29) is 18.3 Å². The van der Waals surface area contributed by atoms with E-state index in [4.69, 9.17) is 4.74 Å². The summed E-state index contributed by atoms with van der Waals surface area (Å²) in [5, 5.41) is 10.6. The lowest BCUT2D eigenvalue weighted by molar-refractivity contribution is -0.144. The molecular weight excluding hydrogens is 284 g/mol. The summed E-state index contributed by atoms with van der Waals surface area (Å²) in [4.78, 5) is 24.6. The van der Waals surface area contributed by atoms with Gasteiger partial charge in [0.1, 0.15) is 0 Å². The maximum Gasteiger partial charge on any atom is 0.329 e. The number of hydrogen-bond acceptors (Lipinski definition) is 5. The van der Waals surface area contributed by atoms with Crippen LogP contribution in [0.3, 0.4) is 0 Å². The topological polar surface area (TPSA) is 86.1 Å². The van der Waals surface area contributed by atoms with E-state index in [0.29, 0.717) is 12.2 Å². The number of amides is 1. The van der Waals surface area contributed by atoms with E-state index < -0.39 is 5.97 Å². The van der Waals surface area contributed by atoms with E-state index in [1.54, 1.807) is 13.0 Å². The van der Waals surface area contributed by atoms with Gasteiger partial charge in [-0.2, -0.15) is 9.90 Å². The van der Waals surface area contributed by atoms with Gasteiger partial charge < -0.3 is 10.1 Å². The summed E-state index contributed by atoms with van der Waals surface area (Å²) in [6, 6.07) is 5.45. The molecule has 0 aliphatic rings. The van der Waals surface area contributed by atoms with Gasteiger partial charge in [-0.15, -0.1) is 5.10 Å². The number of ether oxygens (including phenoxy) is 1. The van der Waals surface area contributed by atoms with Crippen LogP contribution >= 0.6 is 0 Å². The summed E-state index contributed by atoms with van der Waals surface area (Å²) < 4.78 is 4.80. The van der Waals surface area contributed by atoms with Crippen LogP contribution < -0.4 is 5.32 Å². The van der Waals surface area contributed by atoms with Crippen LogP contribution in [0.1, 0.15) is 28.4 Å². The highest BCUT2D eigenvalue weighted by Crippen LogP contribution is 2.11. The fourth-order valence-corrected chi connectivity index (χ4v) is 1.82. The van der Waals surface area contributed by atoms with Crippen LogP contribution in [-0.4, -0.2) is 33.5 Å². The van der Waals surface area contributed by atoms with Crippen LogP contribution in [0.4, 0.5) is 5.82 Å². The average Bonchev–Trinajstić information content (AvgIpc) is 2.89. The van der Waals surface area contributed by atoms with Crippen LogP contribution in [0.5, 0.6) is 0 Å². The standard InChI is InChI=1S/C15H18N4O3/c1-4-22-14(20)9-19-16-8-13(18-19)17-15(21)12-6-5-10(2)11(3)7-12/h5-8H,4,9H2,1-3H3,(H,17,18,21). The summed E-state index contributed by atoms with van der Waals surface area (Å²) in [7, 11) is 0. The first-order valence-corrected chi connectivity index (χ1v) is 6.94. The molecule has 0 aliphatic carbocycles. The fourth-order valence-electron chi connectivity index (χ4n) is 1.82. The van der Waals surface area contributed by atoms with Gasteiger partial charge in [-0.05, 0) is 44.0 Å². The third-order valence-corrected chi connectivity index (χ3v) is 3.12. The number of nitrogens with one attached hydrogen (secondary N) is 1. The number of carbonyl (C=O) groups is 2. The number of anilines is 1. The second kappa shape index (κ2) is 6.84. The van der Waals surface area contributed by atoms with Crippen LogP contribution in [-0.2, 0) is 16.1 Å². The molecule has 0 saturated carbocycles. The van der Waals surface area contributed by atoms with Crippen molar-refractivity contribution in [2.45, 2.75) is 27.3 Å². The lowest BCUT2D eigenvalue weighted by atomic mass is 10.1. The van der Waals surface area contributed by atoms with Crippen molar-refractivity contribution in [2.75, 3.05) is 11.9 Å². The first-order valence-electron chi connectivity index (χ1n) is 6.94. The van der Waals surface area contributed by atoms with Gasteiger partial charge >= 0.3 is 5.97 Å². The summed E-state index contributed by atoms with van der Waals surface area (Å²) >= 11 is 0. The Hall–Kier alpha value is -2.70. The molecule has 22 heavy (non-hydrogen) atoms. The van der Waals surface area contributed by atoms with Gasteiger partial charge in [-0.3, -0.25) is 4.79 Å². The zero-order valence-corrected chi connectivity index (χ0v) is 12.8. The van der Waals surface area contributed by atoms with Gasteiger partial charge in [-0.25, -0.2) is 4.79 Å². The van der Waals surface area contributed by atoms with Gasteiger partial charge in [0.25, 0.3) is 5.91 Å². The van der Waals surface area contributed by atoms with Crippen molar-refractivity contribution in [3.05, 3.63) is 41.1 Å². The summed E-state index contributed by atoms with van der Waals surface area (Å²) in [5.74, 6) is -0.413. The minimum Gasteiger partial charge on any atom is -0.465 e. The monoisotopic (exact) mass is 302 g/mol. The van der Waals surface area contributed by atoms with Gasteiger partial charge in [-0.1, -0.05) is 6.07 Å². The molecule has 7 nitrogen and oxygen atoms in total. The normalized spacial score (nSPS) is 10.3. The van der Waals surface area contributed by atoms with Gasteiger partial charge in [0.2, 0.25) is 0 Å². The first kappa shape index (κ1) is 15.7. The molecule has 2 rings (SSSR count). The second-order valence-corrected chi connectivity index (χ2v) is 4.82. The average molecular weight is 302 g/mol. The highest BCUT2D eigenvalue weighted by molar-refractivity contribution is 6.03. The van der Waals surface area contributed by atoms with E-state index in [9.17, 15) is 9.59 Å². The zero-order valence-electron chi connectivity index (χ0n) is 12.8. The molecule has 0 aliphatic heterocycles. The maximum absolute atomic E-state index is 12.1. The molecule has 1 N–H and O–H groups in total. The minimum absolute atomic E-state index is 0.0899. The van der Waals surface area contributed by atoms with Crippen molar-refractivity contribution < 1.29 is 14.3 Å². The van der Waals surface area contributed by atoms with Crippen molar-refractivity contribution in [3.8, 4) is 0 Å². The summed E-state index contributed by atoms with van der Waals surface area (Å²) in [5.41, 5.74) is 2.71. The number of rotatable bonds is 5. The molecule has 0 bridgehead atoms. The quantitative estimate of drug-likeness (QED) is 0.850. The number of esters is 1. The Labute approximate surface area is 128 Å². The second-order valence-electron chi connectivity index (χ2n) is 4.82. The predicted octanol–water partition coefficient (Wildman–Crippen LogP) is 1.71. The van der Waals surface area contributed by atoms with Crippen LogP contribution in [0.25, 0.3) is 0 Å². The Morgan fingerprint density at radius 1 is 1.27 bits per heavy atom. The smallest absolute Gasteiger partial charge is 0.329 e. The molecule has 7 heteroatoms. The van der Waals surface area contributed by atoms with Crippen LogP contribution in [0.2, 0.25) is 0 Å². The number of carbonyl (C=O) groups excluding carboxylic acids is 2. The molecule has 0 fully saturated rings. The van der Waals surface area contributed by atoms with Crippen LogP contribution in [0, 0.1) is 13.8 Å². The number of benzene rings is 1. The van der Waals surface area contributed by atoms with Crippen LogP contribution in [0.15, 0.2) is 24.4 Å². The van der Waals surface area contributed by atoms with E-state index >= 15 is 0 Å². The number of nitrogens with zero attached hydrogens (tertiary/aromatic N) is 3. The van der Waals surface area contributed by atoms with Gasteiger partial charge in [0, 0.05) is 5.56 Å². The Bertz CT molecular complexity index is 694. The SMILES string of the molecule is CCOC(=O)Cn1ncc(NC(=O)c2ccc(C)c(C)c2)n1. The Kier molecular flexibility index (Phi) is 4.88. The first-order chi connectivity index (χ1) is 10.5. The highest BCUT2D eigenvalue weighted by atomic mass is 16.5. The molecule has 1 aromatic heterocycles. The predicted molar refractivity (Wildman–Crippen MR) is 80.5 cm³/mol. The van der Waals surface area contributed by atoms with E-state index in [1.165, 1.54) is 11.0 Å². The lowest BCUT2D eigenvalue weighted by Gasteiger charge is -2.05. The van der Waals surface area contributed by atoms with E-state index in [0.717, 1.165) is 11.1 Å². The molecule has 0 radical (unpaired) electrons. The highest BCUT2D eigenvalue weighted by Gasteiger charge is 2.11. The third-order valence-electron chi connectivity index (χ3n) is 3.12. The van der Waals surface area contributed by atoms with Crippen molar-refractivity contribution in [1.82, 2.24) is 15.0 Å². The maximum atomic E-state index is 12.1. The molecule has 0 atom stereocenters. The summed E-state index contributed by atoms with van der Waals surface area (Å²) in [6.45, 7) is 5.87. The van der Waals surface area contributed by atoms with Crippen molar-refractivity contribution in [3.63, 3.8) is 0 Å². The fraction of sp³-hybridized carbons (Fsp3) is 0.333. The molecule has 0 spiro atoms. The number of aromatic nitrogens is 3. The van der Waals surface area contributed by atoms with Crippen molar-refractivity contribution in [1.29, 1.82) is 0 Å². The molecular formula is C15H18N4O3. The lowest BCUT2D eigenvalue weighted by Crippen LogP contribution is -2.16.